The van der Waals surface area contributed by atoms with Gasteiger partial charge in [0.25, 0.3) is 5.69 Å². The third kappa shape index (κ3) is 3.99. The minimum atomic E-state index is -0.585. The van der Waals surface area contributed by atoms with Crippen molar-refractivity contribution >= 4 is 40.6 Å². The molecule has 0 saturated heterocycles. The van der Waals surface area contributed by atoms with Crippen LogP contribution in [0.2, 0.25) is 5.02 Å². The SMILES string of the molecule is CCn1ccnc1SCC(=O)Nc1ccc(Cl)cc1[N+](=O)[O-]. The average Bonchev–Trinajstić information content (AvgIpc) is 2.94. The van der Waals surface area contributed by atoms with Crippen molar-refractivity contribution < 1.29 is 9.72 Å². The van der Waals surface area contributed by atoms with Gasteiger partial charge in [-0.1, -0.05) is 23.4 Å². The van der Waals surface area contributed by atoms with Crippen LogP contribution < -0.4 is 5.32 Å². The molecule has 1 N–H and O–H groups in total. The number of hydrogen-bond donors (Lipinski definition) is 1. The van der Waals surface area contributed by atoms with Gasteiger partial charge in [0.1, 0.15) is 5.69 Å². The summed E-state index contributed by atoms with van der Waals surface area (Å²) in [6.45, 7) is 2.73. The summed E-state index contributed by atoms with van der Waals surface area (Å²) in [5.74, 6) is -0.238. The van der Waals surface area contributed by atoms with E-state index in [0.717, 1.165) is 11.7 Å². The molecule has 1 amide bonds. The maximum absolute atomic E-state index is 11.9. The Bertz CT molecular complexity index is 704. The number of amides is 1. The number of carbonyl (C=O) groups excluding carboxylic acids is 1. The summed E-state index contributed by atoms with van der Waals surface area (Å²) in [6.07, 6.45) is 3.48. The van der Waals surface area contributed by atoms with Crippen molar-refractivity contribution in [2.45, 2.75) is 18.6 Å². The predicted molar refractivity (Wildman–Crippen MR) is 85.4 cm³/mol. The van der Waals surface area contributed by atoms with E-state index in [1.807, 2.05) is 17.7 Å². The van der Waals surface area contributed by atoms with Gasteiger partial charge < -0.3 is 9.88 Å². The zero-order chi connectivity index (χ0) is 16.1. The van der Waals surface area contributed by atoms with Crippen molar-refractivity contribution in [2.24, 2.45) is 0 Å². The minimum absolute atomic E-state index is 0.108. The van der Waals surface area contributed by atoms with Crippen LogP contribution in [0.25, 0.3) is 0 Å². The number of hydrogen-bond acceptors (Lipinski definition) is 5. The van der Waals surface area contributed by atoms with Crippen LogP contribution in [0.15, 0.2) is 35.7 Å². The Kier molecular flexibility index (Phi) is 5.40. The van der Waals surface area contributed by atoms with Gasteiger partial charge in [0.15, 0.2) is 5.16 Å². The van der Waals surface area contributed by atoms with Crippen LogP contribution in [0.5, 0.6) is 0 Å². The Morgan fingerprint density at radius 1 is 1.55 bits per heavy atom. The number of nitro groups is 1. The molecule has 9 heteroatoms. The number of carbonyl (C=O) groups is 1. The molecule has 0 aliphatic heterocycles. The fraction of sp³-hybridized carbons (Fsp3) is 0.231. The van der Waals surface area contributed by atoms with E-state index < -0.39 is 4.92 Å². The van der Waals surface area contributed by atoms with Crippen molar-refractivity contribution in [2.75, 3.05) is 11.1 Å². The number of nitrogens with one attached hydrogen (secondary N) is 1. The monoisotopic (exact) mass is 340 g/mol. The zero-order valence-electron chi connectivity index (χ0n) is 11.7. The number of aromatic nitrogens is 2. The van der Waals surface area contributed by atoms with Crippen molar-refractivity contribution in [1.29, 1.82) is 0 Å². The summed E-state index contributed by atoms with van der Waals surface area (Å²) in [4.78, 5) is 26.5. The highest BCUT2D eigenvalue weighted by Gasteiger charge is 2.17. The Morgan fingerprint density at radius 3 is 3.00 bits per heavy atom. The molecule has 0 aliphatic rings. The summed E-state index contributed by atoms with van der Waals surface area (Å²) in [7, 11) is 0. The minimum Gasteiger partial charge on any atom is -0.326 e. The number of thioether (sulfide) groups is 1. The standard InChI is InChI=1S/C13H13ClN4O3S/c1-2-17-6-5-15-13(17)22-8-12(19)16-10-4-3-9(14)7-11(10)18(20)21/h3-7H,2,8H2,1H3,(H,16,19). The molecule has 0 atom stereocenters. The Hall–Kier alpha value is -2.06. The van der Waals surface area contributed by atoms with Crippen LogP contribution in [0.3, 0.4) is 0 Å². The second kappa shape index (κ2) is 7.28. The first-order chi connectivity index (χ1) is 10.5. The molecule has 1 aromatic carbocycles. The summed E-state index contributed by atoms with van der Waals surface area (Å²) >= 11 is 6.99. The van der Waals surface area contributed by atoms with Crippen molar-refractivity contribution in [1.82, 2.24) is 9.55 Å². The van der Waals surface area contributed by atoms with Crippen LogP contribution in [-0.4, -0.2) is 26.1 Å². The molecule has 0 aliphatic carbocycles. The van der Waals surface area contributed by atoms with E-state index in [1.54, 1.807) is 6.20 Å². The average molecular weight is 341 g/mol. The lowest BCUT2D eigenvalue weighted by atomic mass is 10.2. The first-order valence-electron chi connectivity index (χ1n) is 6.39. The summed E-state index contributed by atoms with van der Waals surface area (Å²) < 4.78 is 1.91. The highest BCUT2D eigenvalue weighted by molar-refractivity contribution is 7.99. The van der Waals surface area contributed by atoms with Crippen molar-refractivity contribution in [3.05, 3.63) is 45.7 Å². The van der Waals surface area contributed by atoms with E-state index in [-0.39, 0.29) is 28.1 Å². The molecule has 0 unspecified atom stereocenters. The van der Waals surface area contributed by atoms with Gasteiger partial charge in [-0.3, -0.25) is 14.9 Å². The quantitative estimate of drug-likeness (QED) is 0.495. The first kappa shape index (κ1) is 16.3. The van der Waals surface area contributed by atoms with Crippen LogP contribution in [0.4, 0.5) is 11.4 Å². The molecular weight excluding hydrogens is 328 g/mol. The number of nitro benzene ring substituents is 1. The molecule has 22 heavy (non-hydrogen) atoms. The number of anilines is 1. The molecule has 0 radical (unpaired) electrons. The number of rotatable bonds is 6. The number of benzene rings is 1. The van der Waals surface area contributed by atoms with Gasteiger partial charge in [0, 0.05) is 30.0 Å². The topological polar surface area (TPSA) is 90.1 Å². The van der Waals surface area contributed by atoms with E-state index >= 15 is 0 Å². The predicted octanol–water partition coefficient (Wildman–Crippen LogP) is 3.20. The molecule has 2 rings (SSSR count). The molecule has 2 aromatic rings. The van der Waals surface area contributed by atoms with E-state index in [9.17, 15) is 14.9 Å². The number of aryl methyl sites for hydroxylation is 1. The molecule has 116 valence electrons. The van der Waals surface area contributed by atoms with Crippen LogP contribution in [0.1, 0.15) is 6.92 Å². The van der Waals surface area contributed by atoms with Crippen LogP contribution in [0, 0.1) is 10.1 Å². The van der Waals surface area contributed by atoms with Gasteiger partial charge in [-0.25, -0.2) is 4.98 Å². The maximum Gasteiger partial charge on any atom is 0.294 e. The lowest BCUT2D eigenvalue weighted by molar-refractivity contribution is -0.383. The number of imidazole rings is 1. The fourth-order valence-electron chi connectivity index (χ4n) is 1.75. The van der Waals surface area contributed by atoms with E-state index in [2.05, 4.69) is 10.3 Å². The molecule has 0 fully saturated rings. The van der Waals surface area contributed by atoms with Crippen LogP contribution >= 0.6 is 23.4 Å². The Balaban J connectivity index is 2.02. The third-order valence-electron chi connectivity index (χ3n) is 2.78. The Morgan fingerprint density at radius 2 is 2.32 bits per heavy atom. The fourth-order valence-corrected chi connectivity index (χ4v) is 2.74. The normalized spacial score (nSPS) is 10.5. The number of halogens is 1. The van der Waals surface area contributed by atoms with Crippen molar-refractivity contribution in [3.8, 4) is 0 Å². The maximum atomic E-state index is 11.9. The van der Waals surface area contributed by atoms with Gasteiger partial charge in [0.2, 0.25) is 5.91 Å². The highest BCUT2D eigenvalue weighted by Crippen LogP contribution is 2.28. The van der Waals surface area contributed by atoms with Gasteiger partial charge >= 0.3 is 0 Å². The highest BCUT2D eigenvalue weighted by atomic mass is 35.5. The molecule has 1 aromatic heterocycles. The molecule has 7 nitrogen and oxygen atoms in total. The Labute approximate surface area is 135 Å². The molecule has 1 heterocycles. The van der Waals surface area contributed by atoms with Crippen LogP contribution in [-0.2, 0) is 11.3 Å². The second-order valence-corrected chi connectivity index (χ2v) is 5.63. The van der Waals surface area contributed by atoms with Crippen molar-refractivity contribution in [3.63, 3.8) is 0 Å². The largest absolute Gasteiger partial charge is 0.326 e. The first-order valence-corrected chi connectivity index (χ1v) is 7.75. The zero-order valence-corrected chi connectivity index (χ0v) is 13.2. The molecular formula is C13H13ClN4O3S. The summed E-state index contributed by atoms with van der Waals surface area (Å²) in [6, 6.07) is 4.10. The smallest absolute Gasteiger partial charge is 0.294 e. The third-order valence-corrected chi connectivity index (χ3v) is 4.02. The molecule has 0 saturated carbocycles. The molecule has 0 bridgehead atoms. The summed E-state index contributed by atoms with van der Waals surface area (Å²) in [5.41, 5.74) is -0.111. The lowest BCUT2D eigenvalue weighted by Gasteiger charge is -2.07. The summed E-state index contributed by atoms with van der Waals surface area (Å²) in [5, 5.41) is 14.4. The van der Waals surface area contributed by atoms with E-state index in [1.165, 1.54) is 30.0 Å². The van der Waals surface area contributed by atoms with Gasteiger partial charge in [0.05, 0.1) is 10.7 Å². The second-order valence-electron chi connectivity index (χ2n) is 4.25. The van der Waals surface area contributed by atoms with Gasteiger partial charge in [-0.15, -0.1) is 0 Å². The van der Waals surface area contributed by atoms with Gasteiger partial charge in [-0.05, 0) is 19.1 Å². The number of nitrogens with zero attached hydrogens (tertiary/aromatic N) is 3. The molecule has 0 spiro atoms. The van der Waals surface area contributed by atoms with E-state index in [0.29, 0.717) is 0 Å². The van der Waals surface area contributed by atoms with Gasteiger partial charge in [-0.2, -0.15) is 0 Å². The lowest BCUT2D eigenvalue weighted by Crippen LogP contribution is -2.15. The van der Waals surface area contributed by atoms with E-state index in [4.69, 9.17) is 11.6 Å².